The molecule has 1 aliphatic rings. The van der Waals surface area contributed by atoms with Gasteiger partial charge in [-0.1, -0.05) is 11.3 Å². The Morgan fingerprint density at radius 2 is 2.24 bits per heavy atom. The summed E-state index contributed by atoms with van der Waals surface area (Å²) < 4.78 is 23.4. The molecule has 0 spiro atoms. The van der Waals surface area contributed by atoms with Gasteiger partial charge in [-0.3, -0.25) is 4.79 Å². The van der Waals surface area contributed by atoms with Gasteiger partial charge in [0.15, 0.2) is 15.0 Å². The lowest BCUT2D eigenvalue weighted by molar-refractivity contribution is 0.0958. The highest BCUT2D eigenvalue weighted by molar-refractivity contribution is 7.92. The fraction of sp³-hybridized carbons (Fsp3) is 0.667. The van der Waals surface area contributed by atoms with E-state index in [1.54, 1.807) is 0 Å². The van der Waals surface area contributed by atoms with E-state index in [0.29, 0.717) is 22.9 Å². The fourth-order valence-corrected chi connectivity index (χ4v) is 4.89. The van der Waals surface area contributed by atoms with Crippen molar-refractivity contribution >= 4 is 38.0 Å². The number of nitrogens with two attached hydrogens (primary N) is 1. The first kappa shape index (κ1) is 16.0. The van der Waals surface area contributed by atoms with E-state index < -0.39 is 15.1 Å². The van der Waals surface area contributed by atoms with Crippen LogP contribution in [0.1, 0.15) is 36.4 Å². The number of nitrogens with zero attached hydrogens (tertiary/aromatic N) is 1. The molecule has 2 rings (SSSR count). The molecule has 1 aliphatic heterocycles. The maximum Gasteiger partial charge on any atom is 0.265 e. The third kappa shape index (κ3) is 3.85. The zero-order chi connectivity index (χ0) is 15.6. The van der Waals surface area contributed by atoms with Crippen molar-refractivity contribution in [2.24, 2.45) is 0 Å². The van der Waals surface area contributed by atoms with Gasteiger partial charge in [0.2, 0.25) is 0 Å². The number of carbonyl (C=O) groups excluding carboxylic acids is 1. The minimum Gasteiger partial charge on any atom is -0.382 e. The van der Waals surface area contributed by atoms with Crippen LogP contribution in [0.3, 0.4) is 0 Å². The van der Waals surface area contributed by atoms with Gasteiger partial charge in [-0.05, 0) is 26.7 Å². The van der Waals surface area contributed by atoms with Crippen LogP contribution >= 0.6 is 11.3 Å². The number of amides is 1. The molecular formula is C12H20N4O3S2. The van der Waals surface area contributed by atoms with Gasteiger partial charge in [-0.15, -0.1) is 0 Å². The van der Waals surface area contributed by atoms with Crippen molar-refractivity contribution in [2.45, 2.75) is 38.0 Å². The summed E-state index contributed by atoms with van der Waals surface area (Å²) in [4.78, 5) is 16.5. The summed E-state index contributed by atoms with van der Waals surface area (Å²) in [5.41, 5.74) is 5.74. The van der Waals surface area contributed by atoms with Gasteiger partial charge in [0.1, 0.15) is 10.7 Å². The van der Waals surface area contributed by atoms with Gasteiger partial charge < -0.3 is 16.4 Å². The van der Waals surface area contributed by atoms with Crippen LogP contribution < -0.4 is 16.4 Å². The molecule has 0 aromatic carbocycles. The maximum absolute atomic E-state index is 12.1. The molecule has 118 valence electrons. The lowest BCUT2D eigenvalue weighted by Crippen LogP contribution is -2.34. The number of hydrogen-bond donors (Lipinski definition) is 3. The topological polar surface area (TPSA) is 114 Å². The smallest absolute Gasteiger partial charge is 0.265 e. The van der Waals surface area contributed by atoms with E-state index in [1.807, 2.05) is 13.8 Å². The van der Waals surface area contributed by atoms with Crippen LogP contribution in [-0.4, -0.2) is 42.9 Å². The van der Waals surface area contributed by atoms with Crippen molar-refractivity contribution in [1.29, 1.82) is 0 Å². The molecule has 4 N–H and O–H groups in total. The summed E-state index contributed by atoms with van der Waals surface area (Å²) in [5.74, 6) is -0.00238. The van der Waals surface area contributed by atoms with Gasteiger partial charge in [-0.2, -0.15) is 0 Å². The zero-order valence-electron chi connectivity index (χ0n) is 12.0. The van der Waals surface area contributed by atoms with E-state index >= 15 is 0 Å². The molecule has 1 atom stereocenters. The summed E-state index contributed by atoms with van der Waals surface area (Å²) in [5, 5.41) is 5.83. The molecule has 1 unspecified atom stereocenters. The van der Waals surface area contributed by atoms with E-state index in [4.69, 9.17) is 5.73 Å². The Labute approximate surface area is 128 Å². The fourth-order valence-electron chi connectivity index (χ4n) is 2.18. The zero-order valence-corrected chi connectivity index (χ0v) is 13.7. The van der Waals surface area contributed by atoms with Gasteiger partial charge in [0.05, 0.1) is 11.0 Å². The molecule has 9 heteroatoms. The molecule has 1 saturated heterocycles. The second kappa shape index (κ2) is 6.18. The average molecular weight is 332 g/mol. The average Bonchev–Trinajstić information content (AvgIpc) is 2.88. The van der Waals surface area contributed by atoms with E-state index in [0.717, 1.165) is 0 Å². The number of thiazole rings is 1. The molecule has 0 saturated carbocycles. The molecule has 0 bridgehead atoms. The minimum absolute atomic E-state index is 0.130. The molecule has 0 aliphatic carbocycles. The number of nitrogen functional groups attached to an aromatic ring is 1. The summed E-state index contributed by atoms with van der Waals surface area (Å²) in [7, 11) is -3.06. The Hall–Kier alpha value is -1.35. The standard InChI is InChI=1S/C12H20N4O3S2/c1-7(2)15-12-16-10(13)9(20-12)11(17)14-6-8-4-3-5-21(8,18)19/h7-8H,3-6,13H2,1-2H3,(H,14,17)(H,15,16). The molecule has 7 nitrogen and oxygen atoms in total. The number of hydrogen-bond acceptors (Lipinski definition) is 7. The van der Waals surface area contributed by atoms with Crippen LogP contribution in [0.25, 0.3) is 0 Å². The number of rotatable bonds is 5. The van der Waals surface area contributed by atoms with Crippen LogP contribution in [0.4, 0.5) is 10.9 Å². The van der Waals surface area contributed by atoms with Crippen LogP contribution in [0.2, 0.25) is 0 Å². The van der Waals surface area contributed by atoms with Crippen LogP contribution in [-0.2, 0) is 9.84 Å². The Morgan fingerprint density at radius 1 is 1.52 bits per heavy atom. The Kier molecular flexibility index (Phi) is 4.72. The lowest BCUT2D eigenvalue weighted by atomic mass is 10.2. The number of aromatic nitrogens is 1. The van der Waals surface area contributed by atoms with E-state index in [1.165, 1.54) is 11.3 Å². The monoisotopic (exact) mass is 332 g/mol. The minimum atomic E-state index is -3.06. The molecule has 1 aromatic heterocycles. The van der Waals surface area contributed by atoms with Gasteiger partial charge >= 0.3 is 0 Å². The van der Waals surface area contributed by atoms with Crippen molar-refractivity contribution in [3.63, 3.8) is 0 Å². The van der Waals surface area contributed by atoms with E-state index in [2.05, 4.69) is 15.6 Å². The first-order valence-electron chi connectivity index (χ1n) is 6.82. The normalized spacial score (nSPS) is 20.6. The van der Waals surface area contributed by atoms with Crippen molar-refractivity contribution in [2.75, 3.05) is 23.3 Å². The highest BCUT2D eigenvalue weighted by Crippen LogP contribution is 2.25. The van der Waals surface area contributed by atoms with Crippen molar-refractivity contribution in [3.8, 4) is 0 Å². The molecule has 1 fully saturated rings. The third-order valence-electron chi connectivity index (χ3n) is 3.22. The van der Waals surface area contributed by atoms with Crippen molar-refractivity contribution in [3.05, 3.63) is 4.88 Å². The van der Waals surface area contributed by atoms with E-state index in [-0.39, 0.29) is 30.1 Å². The highest BCUT2D eigenvalue weighted by atomic mass is 32.2. The number of carbonyl (C=O) groups is 1. The number of anilines is 2. The quantitative estimate of drug-likeness (QED) is 0.736. The van der Waals surface area contributed by atoms with Crippen molar-refractivity contribution < 1.29 is 13.2 Å². The summed E-state index contributed by atoms with van der Waals surface area (Å²) in [6, 6.07) is 0.190. The summed E-state index contributed by atoms with van der Waals surface area (Å²) in [6.07, 6.45) is 1.26. The molecule has 2 heterocycles. The van der Waals surface area contributed by atoms with Crippen LogP contribution in [0.5, 0.6) is 0 Å². The van der Waals surface area contributed by atoms with E-state index in [9.17, 15) is 13.2 Å². The first-order valence-corrected chi connectivity index (χ1v) is 9.35. The van der Waals surface area contributed by atoms with Gasteiger partial charge in [-0.25, -0.2) is 13.4 Å². The summed E-state index contributed by atoms with van der Waals surface area (Å²) in [6.45, 7) is 4.05. The van der Waals surface area contributed by atoms with Gasteiger partial charge in [0, 0.05) is 12.6 Å². The largest absolute Gasteiger partial charge is 0.382 e. The summed E-state index contributed by atoms with van der Waals surface area (Å²) >= 11 is 1.17. The number of sulfone groups is 1. The second-order valence-electron chi connectivity index (χ2n) is 5.37. The predicted molar refractivity (Wildman–Crippen MR) is 84.4 cm³/mol. The Bertz CT molecular complexity index is 624. The molecule has 21 heavy (non-hydrogen) atoms. The Balaban J connectivity index is 1.99. The molecule has 0 radical (unpaired) electrons. The number of nitrogens with one attached hydrogen (secondary N) is 2. The lowest BCUT2D eigenvalue weighted by Gasteiger charge is -2.10. The third-order valence-corrected chi connectivity index (χ3v) is 6.50. The first-order chi connectivity index (χ1) is 9.79. The molecular weight excluding hydrogens is 312 g/mol. The highest BCUT2D eigenvalue weighted by Gasteiger charge is 2.31. The van der Waals surface area contributed by atoms with Crippen LogP contribution in [0, 0.1) is 0 Å². The predicted octanol–water partition coefficient (Wildman–Crippen LogP) is 0.853. The maximum atomic E-state index is 12.1. The molecule has 1 aromatic rings. The Morgan fingerprint density at radius 3 is 2.81 bits per heavy atom. The van der Waals surface area contributed by atoms with Gasteiger partial charge in [0.25, 0.3) is 5.91 Å². The molecule has 1 amide bonds. The van der Waals surface area contributed by atoms with Crippen molar-refractivity contribution in [1.82, 2.24) is 10.3 Å². The van der Waals surface area contributed by atoms with Crippen LogP contribution in [0.15, 0.2) is 0 Å². The second-order valence-corrected chi connectivity index (χ2v) is 8.77. The SMILES string of the molecule is CC(C)Nc1nc(N)c(C(=O)NCC2CCCS2(=O)=O)s1.